The smallest absolute Gasteiger partial charge is 0.113 e. The summed E-state index contributed by atoms with van der Waals surface area (Å²) >= 11 is 1.87. The van der Waals surface area contributed by atoms with Crippen molar-refractivity contribution in [2.45, 2.75) is 56.9 Å². The lowest BCUT2D eigenvalue weighted by Gasteiger charge is -2.50. The summed E-state index contributed by atoms with van der Waals surface area (Å²) in [7, 11) is 0. The van der Waals surface area contributed by atoms with Gasteiger partial charge in [-0.2, -0.15) is 0 Å². The van der Waals surface area contributed by atoms with Crippen LogP contribution in [0, 0.1) is 5.92 Å². The van der Waals surface area contributed by atoms with Gasteiger partial charge in [-0.15, -0.1) is 11.3 Å². The molecule has 3 heterocycles. The first-order chi connectivity index (χ1) is 11.8. The molecule has 2 aromatic rings. The van der Waals surface area contributed by atoms with Crippen molar-refractivity contribution in [1.82, 2.24) is 9.88 Å². The fraction of sp³-hybridized carbons (Fsp3) is 0.571. The lowest BCUT2D eigenvalue weighted by Crippen LogP contribution is -2.52. The molecule has 2 aliphatic heterocycles. The largest absolute Gasteiger partial charge is 0.291 e. The van der Waals surface area contributed by atoms with Gasteiger partial charge in [-0.05, 0) is 37.3 Å². The normalized spacial score (nSPS) is 32.1. The van der Waals surface area contributed by atoms with Crippen LogP contribution in [-0.4, -0.2) is 23.0 Å². The van der Waals surface area contributed by atoms with E-state index in [2.05, 4.69) is 47.5 Å². The zero-order valence-electron chi connectivity index (χ0n) is 14.7. The molecule has 1 aromatic carbocycles. The second-order valence-corrected chi connectivity index (χ2v) is 8.41. The Hall–Kier alpha value is -1.19. The Bertz CT molecular complexity index is 639. The molecule has 128 valence electrons. The molecular formula is C21H28N2S. The molecule has 2 aliphatic rings. The summed E-state index contributed by atoms with van der Waals surface area (Å²) in [5.74, 6) is 1.46. The first-order valence-corrected chi connectivity index (χ1v) is 10.4. The molecule has 3 heteroatoms. The van der Waals surface area contributed by atoms with E-state index in [-0.39, 0.29) is 5.54 Å². The Labute approximate surface area is 149 Å². The summed E-state index contributed by atoms with van der Waals surface area (Å²) in [5, 5.41) is 3.52. The van der Waals surface area contributed by atoms with Gasteiger partial charge in [0.1, 0.15) is 5.01 Å². The van der Waals surface area contributed by atoms with Gasteiger partial charge in [-0.25, -0.2) is 4.98 Å². The average Bonchev–Trinajstić information content (AvgIpc) is 3.29. The van der Waals surface area contributed by atoms with Gasteiger partial charge in [0.05, 0.1) is 5.54 Å². The Kier molecular flexibility index (Phi) is 4.73. The Morgan fingerprint density at radius 3 is 2.88 bits per heavy atom. The maximum atomic E-state index is 4.86. The van der Waals surface area contributed by atoms with Crippen molar-refractivity contribution in [2.75, 3.05) is 13.1 Å². The quantitative estimate of drug-likeness (QED) is 0.652. The number of hydrogen-bond acceptors (Lipinski definition) is 3. The number of rotatable bonds is 6. The number of piperidine rings is 1. The van der Waals surface area contributed by atoms with E-state index in [1.807, 2.05) is 17.5 Å². The van der Waals surface area contributed by atoms with Gasteiger partial charge in [0.15, 0.2) is 0 Å². The number of benzene rings is 1. The topological polar surface area (TPSA) is 16.1 Å². The maximum absolute atomic E-state index is 4.86. The molecule has 0 amide bonds. The molecule has 0 aliphatic carbocycles. The molecule has 24 heavy (non-hydrogen) atoms. The standard InChI is InChI=1S/C21H28N2S/c1-2-3-7-11-21(20-22-12-14-24-20)19(18-8-5-4-6-9-18)15-17-10-13-23(21)16-17/h4-6,8-9,12,14,17,19H,2-3,7,10-11,13,15-16H2,1H3. The van der Waals surface area contributed by atoms with Gasteiger partial charge in [-0.3, -0.25) is 4.90 Å². The van der Waals surface area contributed by atoms with E-state index >= 15 is 0 Å². The Morgan fingerprint density at radius 1 is 1.25 bits per heavy atom. The van der Waals surface area contributed by atoms with E-state index in [0.717, 1.165) is 5.92 Å². The predicted octanol–water partition coefficient (Wildman–Crippen LogP) is 5.43. The molecule has 4 atom stereocenters. The van der Waals surface area contributed by atoms with Crippen molar-refractivity contribution in [3.63, 3.8) is 0 Å². The van der Waals surface area contributed by atoms with Gasteiger partial charge < -0.3 is 0 Å². The van der Waals surface area contributed by atoms with Crippen LogP contribution in [0.15, 0.2) is 41.9 Å². The SMILES string of the molecule is CCCCCC1(c2nccs2)C(c2ccccc2)CC2CCN1C2. The summed E-state index contributed by atoms with van der Waals surface area (Å²) in [5.41, 5.74) is 1.64. The van der Waals surface area contributed by atoms with Crippen molar-refractivity contribution in [2.24, 2.45) is 5.92 Å². The minimum Gasteiger partial charge on any atom is -0.291 e. The van der Waals surface area contributed by atoms with Crippen LogP contribution in [0.2, 0.25) is 0 Å². The number of thiazole rings is 1. The highest BCUT2D eigenvalue weighted by Gasteiger charge is 2.53. The molecule has 2 bridgehead atoms. The van der Waals surface area contributed by atoms with Crippen molar-refractivity contribution >= 4 is 11.3 Å². The van der Waals surface area contributed by atoms with Crippen LogP contribution in [0.3, 0.4) is 0 Å². The molecule has 0 radical (unpaired) electrons. The molecule has 0 saturated carbocycles. The minimum atomic E-state index is 0.123. The van der Waals surface area contributed by atoms with Crippen molar-refractivity contribution < 1.29 is 0 Å². The molecule has 4 rings (SSSR count). The van der Waals surface area contributed by atoms with Gasteiger partial charge in [-0.1, -0.05) is 56.5 Å². The van der Waals surface area contributed by atoms with Crippen LogP contribution in [0.1, 0.15) is 61.9 Å². The van der Waals surface area contributed by atoms with E-state index in [1.165, 1.54) is 62.2 Å². The van der Waals surface area contributed by atoms with Crippen LogP contribution in [0.5, 0.6) is 0 Å². The highest BCUT2D eigenvalue weighted by Crippen LogP contribution is 2.55. The Balaban J connectivity index is 1.79. The van der Waals surface area contributed by atoms with E-state index in [1.54, 1.807) is 0 Å². The van der Waals surface area contributed by atoms with Gasteiger partial charge >= 0.3 is 0 Å². The number of hydrogen-bond donors (Lipinski definition) is 0. The minimum absolute atomic E-state index is 0.123. The lowest BCUT2D eigenvalue weighted by molar-refractivity contribution is 0.0323. The third-order valence-electron chi connectivity index (χ3n) is 6.16. The number of fused-ring (bicyclic) bond motifs is 2. The van der Waals surface area contributed by atoms with E-state index in [9.17, 15) is 0 Å². The lowest BCUT2D eigenvalue weighted by atomic mass is 9.69. The zero-order valence-corrected chi connectivity index (χ0v) is 15.5. The third-order valence-corrected chi connectivity index (χ3v) is 7.10. The molecule has 1 aromatic heterocycles. The van der Waals surface area contributed by atoms with Gasteiger partial charge in [0.25, 0.3) is 0 Å². The summed E-state index contributed by atoms with van der Waals surface area (Å²) in [4.78, 5) is 7.66. The zero-order chi connectivity index (χ0) is 16.4. The number of nitrogens with zero attached hydrogens (tertiary/aromatic N) is 2. The van der Waals surface area contributed by atoms with Gasteiger partial charge in [0, 0.05) is 24.0 Å². The fourth-order valence-corrected chi connectivity index (χ4v) is 5.99. The van der Waals surface area contributed by atoms with Gasteiger partial charge in [0.2, 0.25) is 0 Å². The summed E-state index contributed by atoms with van der Waals surface area (Å²) in [6.45, 7) is 4.83. The second-order valence-electron chi connectivity index (χ2n) is 7.52. The van der Waals surface area contributed by atoms with Crippen molar-refractivity contribution in [3.8, 4) is 0 Å². The van der Waals surface area contributed by atoms with E-state index < -0.39 is 0 Å². The molecule has 2 saturated heterocycles. The molecule has 2 fully saturated rings. The number of aromatic nitrogens is 1. The van der Waals surface area contributed by atoms with Crippen LogP contribution in [0.25, 0.3) is 0 Å². The monoisotopic (exact) mass is 340 g/mol. The van der Waals surface area contributed by atoms with Crippen LogP contribution < -0.4 is 0 Å². The Morgan fingerprint density at radius 2 is 2.12 bits per heavy atom. The average molecular weight is 341 g/mol. The molecule has 2 nitrogen and oxygen atoms in total. The highest BCUT2D eigenvalue weighted by molar-refractivity contribution is 7.09. The van der Waals surface area contributed by atoms with Crippen molar-refractivity contribution in [3.05, 3.63) is 52.5 Å². The summed E-state index contributed by atoms with van der Waals surface area (Å²) in [6, 6.07) is 11.3. The molecule has 0 N–H and O–H groups in total. The fourth-order valence-electron chi connectivity index (χ4n) is 5.04. The predicted molar refractivity (Wildman–Crippen MR) is 101 cm³/mol. The first kappa shape index (κ1) is 16.3. The highest BCUT2D eigenvalue weighted by atomic mass is 32.1. The maximum Gasteiger partial charge on any atom is 0.113 e. The molecule has 4 unspecified atom stereocenters. The van der Waals surface area contributed by atoms with E-state index in [0.29, 0.717) is 5.92 Å². The molecular weight excluding hydrogens is 312 g/mol. The summed E-state index contributed by atoms with van der Waals surface area (Å²) in [6.07, 6.45) is 9.86. The van der Waals surface area contributed by atoms with Crippen LogP contribution in [-0.2, 0) is 5.54 Å². The van der Waals surface area contributed by atoms with E-state index in [4.69, 9.17) is 4.98 Å². The second kappa shape index (κ2) is 6.97. The summed E-state index contributed by atoms with van der Waals surface area (Å²) < 4.78 is 0. The van der Waals surface area contributed by atoms with Crippen molar-refractivity contribution in [1.29, 1.82) is 0 Å². The first-order valence-electron chi connectivity index (χ1n) is 9.54. The van der Waals surface area contributed by atoms with Crippen LogP contribution >= 0.6 is 11.3 Å². The third kappa shape index (κ3) is 2.72. The molecule has 0 spiro atoms. The van der Waals surface area contributed by atoms with Crippen LogP contribution in [0.4, 0.5) is 0 Å². The number of unbranched alkanes of at least 4 members (excludes halogenated alkanes) is 2.